The smallest absolute Gasteiger partial charge is 0.209 e. The molecule has 0 bridgehead atoms. The Balaban J connectivity index is 1.46. The van der Waals surface area contributed by atoms with Crippen molar-refractivity contribution < 1.29 is 0 Å². The molecule has 27 heavy (non-hydrogen) atoms. The second kappa shape index (κ2) is 5.32. The molecule has 1 aromatic carbocycles. The van der Waals surface area contributed by atoms with Gasteiger partial charge < -0.3 is 0 Å². The molecule has 1 saturated carbocycles. The normalized spacial score (nSPS) is 24.7. The summed E-state index contributed by atoms with van der Waals surface area (Å²) in [6.07, 6.45) is 7.46. The maximum absolute atomic E-state index is 6.40. The van der Waals surface area contributed by atoms with Gasteiger partial charge in [0.2, 0.25) is 5.28 Å². The fourth-order valence-corrected chi connectivity index (χ4v) is 4.29. The van der Waals surface area contributed by atoms with Crippen molar-refractivity contribution in [1.82, 2.24) is 24.7 Å². The van der Waals surface area contributed by atoms with Gasteiger partial charge in [-0.25, -0.2) is 15.0 Å². The number of rotatable bonds is 3. The van der Waals surface area contributed by atoms with Crippen LogP contribution in [0.15, 0.2) is 41.7 Å². The number of anilines is 1. The van der Waals surface area contributed by atoms with Crippen molar-refractivity contribution in [3.63, 3.8) is 0 Å². The van der Waals surface area contributed by atoms with Crippen molar-refractivity contribution >= 4 is 23.8 Å². The third-order valence-electron chi connectivity index (χ3n) is 5.70. The Labute approximate surface area is 160 Å². The number of aliphatic imine (C=N–C) groups is 1. The molecule has 4 heterocycles. The van der Waals surface area contributed by atoms with E-state index in [2.05, 4.69) is 33.3 Å². The summed E-state index contributed by atoms with van der Waals surface area (Å²) in [4.78, 5) is 10.9. The predicted molar refractivity (Wildman–Crippen MR) is 102 cm³/mol. The number of hydrogen-bond acceptors (Lipinski definition) is 6. The monoisotopic (exact) mass is 380 g/mol. The zero-order chi connectivity index (χ0) is 18.1. The summed E-state index contributed by atoms with van der Waals surface area (Å²) in [7, 11) is 0. The molecule has 3 unspecified atom stereocenters. The molecule has 9 heteroatoms. The molecule has 2 aliphatic heterocycles. The van der Waals surface area contributed by atoms with Crippen LogP contribution in [0.2, 0.25) is 5.28 Å². The van der Waals surface area contributed by atoms with Gasteiger partial charge in [-0.2, -0.15) is 5.12 Å². The lowest BCUT2D eigenvalue weighted by molar-refractivity contribution is 0.519. The van der Waals surface area contributed by atoms with Gasteiger partial charge in [0.25, 0.3) is 0 Å². The SMILES string of the molecule is CC1CC1Cc1cnnn1N1C=NC2c3ccccc3-n3c(cnc3Cl)N21. The number of aromatic nitrogens is 5. The minimum atomic E-state index is -0.182. The van der Waals surface area contributed by atoms with Gasteiger partial charge in [-0.15, -0.1) is 9.89 Å². The first-order valence-electron chi connectivity index (χ1n) is 9.06. The molecule has 0 amide bonds. The number of hydrogen-bond donors (Lipinski definition) is 0. The van der Waals surface area contributed by atoms with Gasteiger partial charge in [-0.1, -0.05) is 25.1 Å². The predicted octanol–water partition coefficient (Wildman–Crippen LogP) is 2.73. The highest BCUT2D eigenvalue weighted by Gasteiger charge is 2.41. The van der Waals surface area contributed by atoms with Crippen LogP contribution in [0.1, 0.15) is 30.8 Å². The van der Waals surface area contributed by atoms with Gasteiger partial charge >= 0.3 is 0 Å². The summed E-state index contributed by atoms with van der Waals surface area (Å²) in [5.74, 6) is 2.33. The van der Waals surface area contributed by atoms with Gasteiger partial charge in [-0.05, 0) is 47.6 Å². The topological polar surface area (TPSA) is 67.4 Å². The van der Waals surface area contributed by atoms with Crippen molar-refractivity contribution in [3.8, 4) is 5.69 Å². The minimum Gasteiger partial charge on any atom is -0.268 e. The summed E-state index contributed by atoms with van der Waals surface area (Å²) in [5.41, 5.74) is 3.15. The molecule has 136 valence electrons. The standard InChI is InChI=1S/C18H17ClN8/c1-11-6-12(11)7-13-8-22-23-27(13)24-10-21-17-14-4-2-3-5-15(14)25-16(26(17)24)9-20-18(25)19/h2-5,8-12,17H,6-7H2,1H3. The summed E-state index contributed by atoms with van der Waals surface area (Å²) >= 11 is 6.40. The molecule has 0 saturated heterocycles. The average Bonchev–Trinajstić information content (AvgIpc) is 3.07. The lowest BCUT2D eigenvalue weighted by Gasteiger charge is -2.37. The Kier molecular flexibility index (Phi) is 3.00. The maximum atomic E-state index is 6.40. The van der Waals surface area contributed by atoms with Gasteiger partial charge in [0, 0.05) is 5.56 Å². The number of halogens is 1. The van der Waals surface area contributed by atoms with Crippen LogP contribution in [0.4, 0.5) is 5.82 Å². The van der Waals surface area contributed by atoms with E-state index in [0.29, 0.717) is 11.2 Å². The molecular formula is C18H17ClN8. The second-order valence-electron chi connectivity index (χ2n) is 7.37. The number of imidazole rings is 1. The summed E-state index contributed by atoms with van der Waals surface area (Å²) in [5, 5.41) is 12.9. The first-order valence-corrected chi connectivity index (χ1v) is 9.44. The quantitative estimate of drug-likeness (QED) is 0.699. The van der Waals surface area contributed by atoms with Crippen LogP contribution in [-0.2, 0) is 6.42 Å². The third kappa shape index (κ3) is 2.10. The molecule has 3 atom stereocenters. The molecule has 0 spiro atoms. The highest BCUT2D eigenvalue weighted by atomic mass is 35.5. The Morgan fingerprint density at radius 1 is 1.22 bits per heavy atom. The van der Waals surface area contributed by atoms with E-state index in [9.17, 15) is 0 Å². The van der Waals surface area contributed by atoms with E-state index in [-0.39, 0.29) is 6.17 Å². The van der Waals surface area contributed by atoms with E-state index in [1.807, 2.05) is 38.9 Å². The fourth-order valence-electron chi connectivity index (χ4n) is 4.06. The Morgan fingerprint density at radius 2 is 2.07 bits per heavy atom. The number of nitrogens with zero attached hydrogens (tertiary/aromatic N) is 8. The average molecular weight is 381 g/mol. The first kappa shape index (κ1) is 15.2. The van der Waals surface area contributed by atoms with Crippen LogP contribution in [0, 0.1) is 11.8 Å². The van der Waals surface area contributed by atoms with Crippen LogP contribution in [0.3, 0.4) is 0 Å². The van der Waals surface area contributed by atoms with Crippen LogP contribution >= 0.6 is 11.6 Å². The third-order valence-corrected chi connectivity index (χ3v) is 5.96. The van der Waals surface area contributed by atoms with Crippen LogP contribution in [-0.4, -0.2) is 31.0 Å². The highest BCUT2D eigenvalue weighted by Crippen LogP contribution is 2.43. The van der Waals surface area contributed by atoms with E-state index >= 15 is 0 Å². The molecule has 2 aromatic heterocycles. The number of hydrazine groups is 1. The number of fused-ring (bicyclic) bond motifs is 6. The van der Waals surface area contributed by atoms with Gasteiger partial charge in [0.15, 0.2) is 12.0 Å². The van der Waals surface area contributed by atoms with Gasteiger partial charge in [-0.3, -0.25) is 4.57 Å². The first-order chi connectivity index (χ1) is 13.2. The lowest BCUT2D eigenvalue weighted by atomic mass is 10.1. The lowest BCUT2D eigenvalue weighted by Crippen LogP contribution is -2.50. The van der Waals surface area contributed by atoms with Crippen LogP contribution in [0.5, 0.6) is 0 Å². The summed E-state index contributed by atoms with van der Waals surface area (Å²) in [6, 6.07) is 8.12. The Bertz CT molecular complexity index is 1070. The largest absolute Gasteiger partial charge is 0.268 e. The van der Waals surface area contributed by atoms with Crippen molar-refractivity contribution in [3.05, 3.63) is 53.2 Å². The molecule has 3 aliphatic rings. The van der Waals surface area contributed by atoms with Crippen molar-refractivity contribution in [2.45, 2.75) is 25.9 Å². The maximum Gasteiger partial charge on any atom is 0.209 e. The van der Waals surface area contributed by atoms with E-state index < -0.39 is 0 Å². The molecule has 1 fully saturated rings. The molecule has 3 aromatic rings. The summed E-state index contributed by atoms with van der Waals surface area (Å²) in [6.45, 7) is 2.29. The number of benzene rings is 1. The molecule has 1 aliphatic carbocycles. The molecule has 0 radical (unpaired) electrons. The number of para-hydroxylation sites is 1. The van der Waals surface area contributed by atoms with Gasteiger partial charge in [0.05, 0.1) is 23.8 Å². The van der Waals surface area contributed by atoms with E-state index in [4.69, 9.17) is 16.6 Å². The van der Waals surface area contributed by atoms with Crippen LogP contribution < -0.4 is 10.1 Å². The second-order valence-corrected chi connectivity index (χ2v) is 7.71. The Hall–Kier alpha value is -2.87. The summed E-state index contributed by atoms with van der Waals surface area (Å²) < 4.78 is 1.94. The zero-order valence-electron chi connectivity index (χ0n) is 14.6. The highest BCUT2D eigenvalue weighted by molar-refractivity contribution is 6.29. The molecule has 6 rings (SSSR count). The zero-order valence-corrected chi connectivity index (χ0v) is 15.4. The van der Waals surface area contributed by atoms with E-state index in [1.165, 1.54) is 6.42 Å². The fraction of sp³-hybridized carbons (Fsp3) is 0.333. The van der Waals surface area contributed by atoms with Crippen molar-refractivity contribution in [1.29, 1.82) is 0 Å². The molecule has 8 nitrogen and oxygen atoms in total. The van der Waals surface area contributed by atoms with E-state index in [0.717, 1.165) is 35.1 Å². The van der Waals surface area contributed by atoms with Gasteiger partial charge in [0.1, 0.15) is 6.34 Å². The Morgan fingerprint density at radius 3 is 2.93 bits per heavy atom. The minimum absolute atomic E-state index is 0.182. The van der Waals surface area contributed by atoms with Crippen LogP contribution in [0.25, 0.3) is 5.69 Å². The van der Waals surface area contributed by atoms with Crippen molar-refractivity contribution in [2.24, 2.45) is 16.8 Å². The molecule has 0 N–H and O–H groups in total. The van der Waals surface area contributed by atoms with E-state index in [1.54, 1.807) is 12.5 Å². The molecular weight excluding hydrogens is 364 g/mol. The van der Waals surface area contributed by atoms with Crippen molar-refractivity contribution in [2.75, 3.05) is 10.1 Å².